The van der Waals surface area contributed by atoms with Crippen LogP contribution < -0.4 is 15.0 Å². The van der Waals surface area contributed by atoms with Crippen molar-refractivity contribution in [2.75, 3.05) is 4.90 Å². The van der Waals surface area contributed by atoms with Crippen LogP contribution in [0.2, 0.25) is 0 Å². The molecule has 0 bridgehead atoms. The van der Waals surface area contributed by atoms with Gasteiger partial charge in [-0.15, -0.1) is 0 Å². The molecule has 1 aliphatic heterocycles. The number of hydrogen-bond donors (Lipinski definition) is 1. The fourth-order valence-corrected chi connectivity index (χ4v) is 4.89. The van der Waals surface area contributed by atoms with Crippen molar-refractivity contribution in [1.29, 1.82) is 0 Å². The maximum absolute atomic E-state index is 13.5. The van der Waals surface area contributed by atoms with Crippen molar-refractivity contribution in [3.8, 4) is 11.4 Å². The molecule has 8 heteroatoms. The van der Waals surface area contributed by atoms with Crippen LogP contribution >= 0.6 is 12.2 Å². The topological polar surface area (TPSA) is 63.6 Å². The molecule has 1 N–H and O–H groups in total. The zero-order valence-corrected chi connectivity index (χ0v) is 22.5. The molecule has 196 valence electrons. The minimum Gasteiger partial charge on any atom is -0.489 e. The maximum atomic E-state index is 13.5. The number of carbonyl (C=O) groups excluding carboxylic acids is 2. The van der Waals surface area contributed by atoms with Gasteiger partial charge in [0.15, 0.2) is 5.11 Å². The second-order valence-electron chi connectivity index (χ2n) is 9.32. The highest BCUT2D eigenvalue weighted by molar-refractivity contribution is 7.80. The van der Waals surface area contributed by atoms with E-state index in [1.54, 1.807) is 24.3 Å². The number of hydrogen-bond acceptors (Lipinski definition) is 4. The molecule has 1 saturated heterocycles. The Kier molecular flexibility index (Phi) is 7.13. The lowest BCUT2D eigenvalue weighted by molar-refractivity contribution is -0.122. The fourth-order valence-electron chi connectivity index (χ4n) is 4.62. The minimum absolute atomic E-state index is 0.0108. The standard InChI is InChI=1S/C31H26FN3O3S/c1-19-6-4-5-7-28(19)35-30(37)27(29(36)33-31(35)39)17-23-16-20(2)34(21(23)3)25-12-14-26(15-13-25)38-18-22-8-10-24(32)11-9-22/h4-17H,18H2,1-3H3,(H,33,36,39)/b27-17+. The molecule has 3 aromatic carbocycles. The van der Waals surface area contributed by atoms with E-state index in [1.807, 2.05) is 73.9 Å². The number of nitrogens with zero attached hydrogens (tertiary/aromatic N) is 2. The highest BCUT2D eigenvalue weighted by atomic mass is 32.1. The monoisotopic (exact) mass is 539 g/mol. The summed E-state index contributed by atoms with van der Waals surface area (Å²) in [7, 11) is 0. The molecule has 4 aromatic rings. The second-order valence-corrected chi connectivity index (χ2v) is 9.70. The van der Waals surface area contributed by atoms with E-state index in [0.29, 0.717) is 18.0 Å². The summed E-state index contributed by atoms with van der Waals surface area (Å²) in [6.45, 7) is 6.12. The van der Waals surface area contributed by atoms with E-state index < -0.39 is 11.8 Å². The molecule has 0 aliphatic carbocycles. The summed E-state index contributed by atoms with van der Waals surface area (Å²) in [5.74, 6) is -0.589. The maximum Gasteiger partial charge on any atom is 0.270 e. The molecule has 39 heavy (non-hydrogen) atoms. The summed E-state index contributed by atoms with van der Waals surface area (Å²) in [6.07, 6.45) is 1.61. The Labute approximate surface area is 231 Å². The van der Waals surface area contributed by atoms with E-state index in [4.69, 9.17) is 17.0 Å². The Bertz CT molecular complexity index is 1620. The normalized spacial score (nSPS) is 14.6. The molecule has 0 radical (unpaired) electrons. The molecule has 1 fully saturated rings. The van der Waals surface area contributed by atoms with Gasteiger partial charge in [0.1, 0.15) is 23.7 Å². The number of rotatable bonds is 6. The van der Waals surface area contributed by atoms with Gasteiger partial charge < -0.3 is 9.30 Å². The molecule has 0 saturated carbocycles. The first-order valence-corrected chi connectivity index (χ1v) is 12.8. The average Bonchev–Trinajstić information content (AvgIpc) is 3.20. The summed E-state index contributed by atoms with van der Waals surface area (Å²) in [5.41, 5.74) is 5.85. The number of ether oxygens (including phenoxy) is 1. The predicted molar refractivity (Wildman–Crippen MR) is 153 cm³/mol. The quantitative estimate of drug-likeness (QED) is 0.187. The van der Waals surface area contributed by atoms with Crippen molar-refractivity contribution in [3.63, 3.8) is 0 Å². The molecular weight excluding hydrogens is 513 g/mol. The summed E-state index contributed by atoms with van der Waals surface area (Å²) in [5, 5.41) is 2.71. The van der Waals surface area contributed by atoms with Crippen LogP contribution in [0, 0.1) is 26.6 Å². The zero-order valence-electron chi connectivity index (χ0n) is 21.7. The smallest absolute Gasteiger partial charge is 0.270 e. The Morgan fingerprint density at radius 1 is 0.949 bits per heavy atom. The Morgan fingerprint density at radius 3 is 2.33 bits per heavy atom. The number of amides is 2. The highest BCUT2D eigenvalue weighted by Gasteiger charge is 2.35. The predicted octanol–water partition coefficient (Wildman–Crippen LogP) is 5.95. The third kappa shape index (κ3) is 5.24. The molecule has 1 aromatic heterocycles. The number of nitrogens with one attached hydrogen (secondary N) is 1. The molecular formula is C31H26FN3O3S. The minimum atomic E-state index is -0.526. The Balaban J connectivity index is 1.40. The van der Waals surface area contributed by atoms with Crippen LogP contribution in [-0.4, -0.2) is 21.5 Å². The van der Waals surface area contributed by atoms with E-state index in [1.165, 1.54) is 17.0 Å². The van der Waals surface area contributed by atoms with Gasteiger partial charge in [0.05, 0.1) is 5.69 Å². The van der Waals surface area contributed by atoms with Crippen LogP contribution in [0.15, 0.2) is 84.4 Å². The lowest BCUT2D eigenvalue weighted by atomic mass is 10.1. The van der Waals surface area contributed by atoms with Crippen LogP contribution in [0.5, 0.6) is 5.75 Å². The molecule has 2 amide bonds. The SMILES string of the molecule is Cc1ccccc1N1C(=O)/C(=C/c2cc(C)n(-c3ccc(OCc4ccc(F)cc4)cc3)c2C)C(=O)NC1=S. The molecule has 1 aliphatic rings. The van der Waals surface area contributed by atoms with Gasteiger partial charge in [0.25, 0.3) is 11.8 Å². The third-order valence-corrected chi connectivity index (χ3v) is 6.93. The van der Waals surface area contributed by atoms with Crippen LogP contribution in [0.1, 0.15) is 28.1 Å². The van der Waals surface area contributed by atoms with Crippen LogP contribution in [0.3, 0.4) is 0 Å². The average molecular weight is 540 g/mol. The number of anilines is 1. The van der Waals surface area contributed by atoms with E-state index in [0.717, 1.165) is 33.8 Å². The largest absolute Gasteiger partial charge is 0.489 e. The van der Waals surface area contributed by atoms with Gasteiger partial charge in [-0.1, -0.05) is 30.3 Å². The number of thiocarbonyl (C=S) groups is 1. The van der Waals surface area contributed by atoms with E-state index in [-0.39, 0.29) is 16.5 Å². The third-order valence-electron chi connectivity index (χ3n) is 6.64. The molecule has 0 unspecified atom stereocenters. The van der Waals surface area contributed by atoms with Crippen molar-refractivity contribution in [3.05, 3.63) is 118 Å². The lowest BCUT2D eigenvalue weighted by Crippen LogP contribution is -2.54. The van der Waals surface area contributed by atoms with Gasteiger partial charge in [-0.3, -0.25) is 19.8 Å². The fraction of sp³-hybridized carbons (Fsp3) is 0.129. The van der Waals surface area contributed by atoms with Crippen molar-refractivity contribution in [2.45, 2.75) is 27.4 Å². The molecule has 6 nitrogen and oxygen atoms in total. The molecule has 2 heterocycles. The van der Waals surface area contributed by atoms with Gasteiger partial charge in [0, 0.05) is 17.1 Å². The van der Waals surface area contributed by atoms with Crippen molar-refractivity contribution >= 4 is 40.9 Å². The van der Waals surface area contributed by atoms with E-state index in [2.05, 4.69) is 5.32 Å². The van der Waals surface area contributed by atoms with Crippen molar-refractivity contribution < 1.29 is 18.7 Å². The number of para-hydroxylation sites is 1. The van der Waals surface area contributed by atoms with Gasteiger partial charge >= 0.3 is 0 Å². The first-order chi connectivity index (χ1) is 18.7. The van der Waals surface area contributed by atoms with Crippen LogP contribution in [0.25, 0.3) is 11.8 Å². The number of benzene rings is 3. The lowest BCUT2D eigenvalue weighted by Gasteiger charge is -2.30. The Hall–Kier alpha value is -4.56. The van der Waals surface area contributed by atoms with Gasteiger partial charge in [0.2, 0.25) is 0 Å². The van der Waals surface area contributed by atoms with Crippen LogP contribution in [0.4, 0.5) is 10.1 Å². The molecule has 5 rings (SSSR count). The number of carbonyl (C=O) groups is 2. The second kappa shape index (κ2) is 10.7. The van der Waals surface area contributed by atoms with Crippen molar-refractivity contribution in [1.82, 2.24) is 9.88 Å². The summed E-state index contributed by atoms with van der Waals surface area (Å²) >= 11 is 5.33. The Morgan fingerprint density at radius 2 is 1.64 bits per heavy atom. The van der Waals surface area contributed by atoms with Gasteiger partial charge in [-0.25, -0.2) is 4.39 Å². The van der Waals surface area contributed by atoms with Crippen LogP contribution in [-0.2, 0) is 16.2 Å². The molecule has 0 atom stereocenters. The van der Waals surface area contributed by atoms with Gasteiger partial charge in [-0.2, -0.15) is 0 Å². The molecule has 0 spiro atoms. The zero-order chi connectivity index (χ0) is 27.7. The summed E-state index contributed by atoms with van der Waals surface area (Å²) in [4.78, 5) is 27.6. The van der Waals surface area contributed by atoms with Crippen molar-refractivity contribution in [2.24, 2.45) is 0 Å². The summed E-state index contributed by atoms with van der Waals surface area (Å²) in [6, 6.07) is 23.1. The first-order valence-electron chi connectivity index (χ1n) is 12.4. The van der Waals surface area contributed by atoms with Gasteiger partial charge in [-0.05, 0) is 104 Å². The first kappa shape index (κ1) is 26.1. The number of aryl methyl sites for hydroxylation is 2. The van der Waals surface area contributed by atoms with E-state index in [9.17, 15) is 14.0 Å². The summed E-state index contributed by atoms with van der Waals surface area (Å²) < 4.78 is 21.0. The van der Waals surface area contributed by atoms with E-state index >= 15 is 0 Å². The highest BCUT2D eigenvalue weighted by Crippen LogP contribution is 2.28. The number of halogens is 1. The number of aromatic nitrogens is 1.